The Hall–Kier alpha value is -1.97. The summed E-state index contributed by atoms with van der Waals surface area (Å²) >= 11 is 0. The third-order valence-corrected chi connectivity index (χ3v) is 1.52. The second-order valence-electron chi connectivity index (χ2n) is 2.49. The van der Waals surface area contributed by atoms with Crippen molar-refractivity contribution >= 4 is 0 Å². The van der Waals surface area contributed by atoms with Gasteiger partial charge in [0.1, 0.15) is 0 Å². The van der Waals surface area contributed by atoms with Crippen LogP contribution in [0, 0.1) is 11.9 Å². The number of halogens is 1. The lowest BCUT2D eigenvalue weighted by Gasteiger charge is -2.03. The Kier molecular flexibility index (Phi) is 2.36. The fourth-order valence-electron chi connectivity index (χ4n) is 0.931. The summed E-state index contributed by atoms with van der Waals surface area (Å²) in [4.78, 5) is 7.64. The van der Waals surface area contributed by atoms with Crippen molar-refractivity contribution in [3.63, 3.8) is 0 Å². The molecule has 0 aliphatic carbocycles. The van der Waals surface area contributed by atoms with E-state index in [0.29, 0.717) is 0 Å². The molecule has 0 unspecified atom stereocenters. The predicted molar refractivity (Wildman–Crippen MR) is 47.3 cm³/mol. The van der Waals surface area contributed by atoms with Gasteiger partial charge in [-0.05, 0) is 6.07 Å². The normalized spacial score (nSPS) is 9.79. The minimum absolute atomic E-state index is 0.0907. The molecule has 2 aromatic rings. The lowest BCUT2D eigenvalue weighted by atomic mass is 10.3. The molecule has 0 spiro atoms. The van der Waals surface area contributed by atoms with Crippen molar-refractivity contribution in [2.45, 2.75) is 0 Å². The number of rotatable bonds is 2. The molecule has 0 aliphatic heterocycles. The van der Waals surface area contributed by atoms with Crippen LogP contribution in [-0.2, 0) is 0 Å². The first kappa shape index (κ1) is 8.62. The maximum absolute atomic E-state index is 13.0. The van der Waals surface area contributed by atoms with E-state index in [1.165, 1.54) is 30.7 Å². The third kappa shape index (κ3) is 1.85. The first-order valence-corrected chi connectivity index (χ1v) is 3.96. The average Bonchev–Trinajstić information content (AvgIpc) is 2.23. The van der Waals surface area contributed by atoms with Crippen LogP contribution >= 0.6 is 0 Å². The summed E-state index contributed by atoms with van der Waals surface area (Å²) < 4.78 is 18.2. The monoisotopic (exact) mass is 189 g/mol. The molecule has 1 aromatic heterocycles. The van der Waals surface area contributed by atoms with Crippen molar-refractivity contribution in [2.75, 3.05) is 0 Å². The molecule has 0 saturated carbocycles. The van der Waals surface area contributed by atoms with E-state index in [2.05, 4.69) is 16.0 Å². The van der Waals surface area contributed by atoms with Crippen molar-refractivity contribution in [3.8, 4) is 11.6 Å². The zero-order chi connectivity index (χ0) is 9.80. The Morgan fingerprint density at radius 2 is 2.29 bits per heavy atom. The van der Waals surface area contributed by atoms with E-state index in [0.717, 1.165) is 0 Å². The van der Waals surface area contributed by atoms with Crippen molar-refractivity contribution in [1.82, 2.24) is 9.97 Å². The number of nitrogens with zero attached hydrogens (tertiary/aromatic N) is 2. The van der Waals surface area contributed by atoms with Gasteiger partial charge in [-0.1, -0.05) is 12.1 Å². The van der Waals surface area contributed by atoms with Gasteiger partial charge in [0, 0.05) is 18.5 Å². The van der Waals surface area contributed by atoms with E-state index in [9.17, 15) is 4.39 Å². The SMILES string of the molecule is Fc1[c]cccc1Oc1cnccn1. The molecule has 0 amide bonds. The van der Waals surface area contributed by atoms with Crippen LogP contribution in [-0.4, -0.2) is 9.97 Å². The second-order valence-corrected chi connectivity index (χ2v) is 2.49. The summed E-state index contributed by atoms with van der Waals surface area (Å²) in [6.45, 7) is 0. The summed E-state index contributed by atoms with van der Waals surface area (Å²) in [6.07, 6.45) is 4.40. The number of benzene rings is 1. The molecular formula is C10H6FN2O. The van der Waals surface area contributed by atoms with Gasteiger partial charge >= 0.3 is 0 Å². The van der Waals surface area contributed by atoms with Crippen LogP contribution in [0.25, 0.3) is 0 Å². The van der Waals surface area contributed by atoms with Gasteiger partial charge in [0.15, 0.2) is 11.6 Å². The Morgan fingerprint density at radius 1 is 1.36 bits per heavy atom. The van der Waals surface area contributed by atoms with E-state index < -0.39 is 5.82 Å². The molecule has 0 aliphatic rings. The first-order valence-electron chi connectivity index (χ1n) is 3.96. The highest BCUT2D eigenvalue weighted by atomic mass is 19.1. The fraction of sp³-hybridized carbons (Fsp3) is 0. The standard InChI is InChI=1S/C10H6FN2O/c11-8-3-1-2-4-9(8)14-10-7-12-5-6-13-10/h1-2,4-7H. The summed E-state index contributed by atoms with van der Waals surface area (Å²) in [7, 11) is 0. The van der Waals surface area contributed by atoms with E-state index in [-0.39, 0.29) is 11.6 Å². The molecule has 1 aromatic carbocycles. The quantitative estimate of drug-likeness (QED) is 0.726. The van der Waals surface area contributed by atoms with Crippen LogP contribution in [0.2, 0.25) is 0 Å². The Labute approximate surface area is 80.2 Å². The molecule has 14 heavy (non-hydrogen) atoms. The Bertz CT molecular complexity index is 419. The molecule has 1 heterocycles. The number of ether oxygens (including phenoxy) is 1. The Morgan fingerprint density at radius 3 is 3.00 bits per heavy atom. The molecule has 0 fully saturated rings. The van der Waals surface area contributed by atoms with E-state index in [4.69, 9.17) is 4.74 Å². The molecule has 1 radical (unpaired) electrons. The van der Waals surface area contributed by atoms with Gasteiger partial charge < -0.3 is 4.74 Å². The molecular weight excluding hydrogens is 183 g/mol. The van der Waals surface area contributed by atoms with Gasteiger partial charge in [-0.2, -0.15) is 0 Å². The van der Waals surface area contributed by atoms with Gasteiger partial charge in [-0.15, -0.1) is 0 Å². The predicted octanol–water partition coefficient (Wildman–Crippen LogP) is 2.21. The molecule has 3 nitrogen and oxygen atoms in total. The van der Waals surface area contributed by atoms with Crippen LogP contribution < -0.4 is 4.74 Å². The molecule has 0 saturated heterocycles. The minimum atomic E-state index is -0.543. The van der Waals surface area contributed by atoms with Gasteiger partial charge in [-0.3, -0.25) is 4.98 Å². The lowest BCUT2D eigenvalue weighted by molar-refractivity contribution is 0.425. The molecule has 4 heteroatoms. The molecule has 69 valence electrons. The van der Waals surface area contributed by atoms with Crippen molar-refractivity contribution in [1.29, 1.82) is 0 Å². The van der Waals surface area contributed by atoms with Crippen molar-refractivity contribution in [2.24, 2.45) is 0 Å². The average molecular weight is 189 g/mol. The van der Waals surface area contributed by atoms with Gasteiger partial charge in [-0.25, -0.2) is 9.37 Å². The summed E-state index contributed by atoms with van der Waals surface area (Å²) in [5.74, 6) is -0.197. The molecule has 2 rings (SSSR count). The summed E-state index contributed by atoms with van der Waals surface area (Å²) in [6, 6.07) is 6.99. The van der Waals surface area contributed by atoms with Gasteiger partial charge in [0.25, 0.3) is 0 Å². The third-order valence-electron chi connectivity index (χ3n) is 1.52. The molecule has 0 N–H and O–H groups in total. The highest BCUT2D eigenvalue weighted by molar-refractivity contribution is 5.26. The fourth-order valence-corrected chi connectivity index (χ4v) is 0.931. The number of hydrogen-bond acceptors (Lipinski definition) is 3. The van der Waals surface area contributed by atoms with E-state index in [1.54, 1.807) is 6.07 Å². The van der Waals surface area contributed by atoms with Crippen LogP contribution in [0.4, 0.5) is 4.39 Å². The topological polar surface area (TPSA) is 35.0 Å². The highest BCUT2D eigenvalue weighted by Gasteiger charge is 2.03. The molecule has 0 atom stereocenters. The second kappa shape index (κ2) is 3.83. The molecule has 0 bridgehead atoms. The van der Waals surface area contributed by atoms with Gasteiger partial charge in [0.05, 0.1) is 6.20 Å². The van der Waals surface area contributed by atoms with Gasteiger partial charge in [0.2, 0.25) is 5.88 Å². The number of aromatic nitrogens is 2. The number of hydrogen-bond donors (Lipinski definition) is 0. The van der Waals surface area contributed by atoms with Crippen LogP contribution in [0.15, 0.2) is 36.8 Å². The smallest absolute Gasteiger partial charge is 0.237 e. The Balaban J connectivity index is 2.24. The zero-order valence-electron chi connectivity index (χ0n) is 7.14. The van der Waals surface area contributed by atoms with E-state index in [1.807, 2.05) is 0 Å². The maximum Gasteiger partial charge on any atom is 0.237 e. The largest absolute Gasteiger partial charge is 0.434 e. The minimum Gasteiger partial charge on any atom is -0.434 e. The summed E-state index contributed by atoms with van der Waals surface area (Å²) in [5, 5.41) is 0. The van der Waals surface area contributed by atoms with Crippen LogP contribution in [0.3, 0.4) is 0 Å². The van der Waals surface area contributed by atoms with Crippen LogP contribution in [0.5, 0.6) is 11.6 Å². The maximum atomic E-state index is 13.0. The first-order chi connectivity index (χ1) is 6.86. The van der Waals surface area contributed by atoms with Crippen molar-refractivity contribution < 1.29 is 9.13 Å². The zero-order valence-corrected chi connectivity index (χ0v) is 7.14. The van der Waals surface area contributed by atoms with Crippen molar-refractivity contribution in [3.05, 3.63) is 48.7 Å². The van der Waals surface area contributed by atoms with Crippen LogP contribution in [0.1, 0.15) is 0 Å². The van der Waals surface area contributed by atoms with E-state index >= 15 is 0 Å². The highest BCUT2D eigenvalue weighted by Crippen LogP contribution is 2.20. The summed E-state index contributed by atoms with van der Waals surface area (Å²) in [5.41, 5.74) is 0. The lowest BCUT2D eigenvalue weighted by Crippen LogP contribution is -1.90.